The zero-order valence-corrected chi connectivity index (χ0v) is 22.6. The van der Waals surface area contributed by atoms with Crippen LogP contribution < -0.4 is 5.32 Å². The molecule has 4 aromatic rings. The van der Waals surface area contributed by atoms with Gasteiger partial charge in [-0.1, -0.05) is 11.3 Å². The molecule has 12 heteroatoms. The Bertz CT molecular complexity index is 1600. The number of piperidine rings is 1. The molecule has 1 aliphatic rings. The molecule has 0 spiro atoms. The number of aliphatic imine (C=N–C) groups is 1. The van der Waals surface area contributed by atoms with Crippen LogP contribution in [0, 0.1) is 13.8 Å². The highest BCUT2D eigenvalue weighted by Crippen LogP contribution is 2.35. The normalized spacial score (nSPS) is 15.1. The van der Waals surface area contributed by atoms with Gasteiger partial charge in [-0.15, -0.1) is 5.10 Å². The Morgan fingerprint density at radius 1 is 1.07 bits per heavy atom. The number of amides is 1. The summed E-state index contributed by atoms with van der Waals surface area (Å²) in [5.41, 5.74) is 3.37. The van der Waals surface area contributed by atoms with Crippen LogP contribution in [0.2, 0.25) is 0 Å². The lowest BCUT2D eigenvalue weighted by Crippen LogP contribution is -2.31. The van der Waals surface area contributed by atoms with E-state index in [-0.39, 0.29) is 16.9 Å². The smallest absolute Gasteiger partial charge is 0.363 e. The van der Waals surface area contributed by atoms with E-state index in [0.717, 1.165) is 54.2 Å². The predicted molar refractivity (Wildman–Crippen MR) is 146 cm³/mol. The highest BCUT2D eigenvalue weighted by Gasteiger charge is 2.31. The molecule has 0 aliphatic carbocycles. The SMILES string of the molecule is Cc1ccc(C(=O)Nc2cc(N=C3CCCCN3C)cc(C(F)(F)F)c2)cc1-n1cc(-c2cnn(C)c2C)nn1. The first-order chi connectivity index (χ1) is 19.0. The third-order valence-electron chi connectivity index (χ3n) is 7.07. The van der Waals surface area contributed by atoms with E-state index in [9.17, 15) is 18.0 Å². The third kappa shape index (κ3) is 5.61. The molecule has 208 valence electrons. The summed E-state index contributed by atoms with van der Waals surface area (Å²) in [7, 11) is 3.71. The van der Waals surface area contributed by atoms with E-state index in [4.69, 9.17) is 0 Å². The minimum absolute atomic E-state index is 0.00913. The number of likely N-dealkylation sites (tertiary alicyclic amines) is 1. The number of aromatic nitrogens is 5. The van der Waals surface area contributed by atoms with Crippen LogP contribution in [-0.4, -0.2) is 55.0 Å². The number of hydrogen-bond acceptors (Lipinski definition) is 5. The topological polar surface area (TPSA) is 93.2 Å². The molecule has 0 atom stereocenters. The van der Waals surface area contributed by atoms with Crippen LogP contribution in [0.25, 0.3) is 16.9 Å². The van der Waals surface area contributed by atoms with Gasteiger partial charge >= 0.3 is 6.18 Å². The van der Waals surface area contributed by atoms with E-state index < -0.39 is 17.6 Å². The number of rotatable bonds is 5. The summed E-state index contributed by atoms with van der Waals surface area (Å²) in [5, 5.41) is 15.3. The van der Waals surface area contributed by atoms with Crippen molar-refractivity contribution in [3.05, 3.63) is 71.2 Å². The van der Waals surface area contributed by atoms with Gasteiger partial charge < -0.3 is 10.2 Å². The first-order valence-electron chi connectivity index (χ1n) is 12.8. The number of amidine groups is 1. The Morgan fingerprint density at radius 3 is 2.58 bits per heavy atom. The molecule has 0 unspecified atom stereocenters. The molecule has 2 aromatic heterocycles. The molecule has 1 aliphatic heterocycles. The lowest BCUT2D eigenvalue weighted by atomic mass is 10.1. The van der Waals surface area contributed by atoms with Gasteiger partial charge in [0.15, 0.2) is 0 Å². The second-order valence-corrected chi connectivity index (χ2v) is 9.94. The van der Waals surface area contributed by atoms with E-state index in [1.54, 1.807) is 40.0 Å². The van der Waals surface area contributed by atoms with Crippen molar-refractivity contribution in [2.75, 3.05) is 18.9 Å². The van der Waals surface area contributed by atoms with Crippen LogP contribution in [0.4, 0.5) is 24.5 Å². The summed E-state index contributed by atoms with van der Waals surface area (Å²) in [6.45, 7) is 4.59. The molecular formula is C28H29F3N8O. The van der Waals surface area contributed by atoms with Crippen LogP contribution in [-0.2, 0) is 13.2 Å². The van der Waals surface area contributed by atoms with Crippen molar-refractivity contribution in [2.24, 2.45) is 12.0 Å². The fourth-order valence-corrected chi connectivity index (χ4v) is 4.61. The number of alkyl halides is 3. The number of aryl methyl sites for hydroxylation is 2. The van der Waals surface area contributed by atoms with Crippen LogP contribution >= 0.6 is 0 Å². The van der Waals surface area contributed by atoms with Crippen molar-refractivity contribution in [2.45, 2.75) is 39.3 Å². The quantitative estimate of drug-likeness (QED) is 0.344. The monoisotopic (exact) mass is 550 g/mol. The predicted octanol–water partition coefficient (Wildman–Crippen LogP) is 5.70. The van der Waals surface area contributed by atoms with E-state index >= 15 is 0 Å². The second kappa shape index (κ2) is 10.6. The lowest BCUT2D eigenvalue weighted by Gasteiger charge is -2.26. The maximum absolute atomic E-state index is 13.7. The van der Waals surface area contributed by atoms with E-state index in [2.05, 4.69) is 25.7 Å². The average molecular weight is 551 g/mol. The molecule has 0 saturated carbocycles. The van der Waals surface area contributed by atoms with Crippen LogP contribution in [0.1, 0.15) is 46.4 Å². The molecular weight excluding hydrogens is 521 g/mol. The summed E-state index contributed by atoms with van der Waals surface area (Å²) in [4.78, 5) is 19.6. The molecule has 2 aromatic carbocycles. The number of carbonyl (C=O) groups is 1. The molecule has 1 N–H and O–H groups in total. The minimum Gasteiger partial charge on any atom is -0.363 e. The van der Waals surface area contributed by atoms with Crippen molar-refractivity contribution >= 4 is 23.1 Å². The van der Waals surface area contributed by atoms with E-state index in [1.165, 1.54) is 6.07 Å². The summed E-state index contributed by atoms with van der Waals surface area (Å²) < 4.78 is 44.4. The Morgan fingerprint density at radius 2 is 1.88 bits per heavy atom. The van der Waals surface area contributed by atoms with Crippen LogP contribution in [0.5, 0.6) is 0 Å². The number of benzene rings is 2. The second-order valence-electron chi connectivity index (χ2n) is 9.94. The van der Waals surface area contributed by atoms with Gasteiger partial charge in [-0.3, -0.25) is 9.48 Å². The molecule has 9 nitrogen and oxygen atoms in total. The molecule has 5 rings (SSSR count). The third-order valence-corrected chi connectivity index (χ3v) is 7.07. The fourth-order valence-electron chi connectivity index (χ4n) is 4.61. The van der Waals surface area contributed by atoms with Gasteiger partial charge in [0.2, 0.25) is 0 Å². The number of anilines is 1. The summed E-state index contributed by atoms with van der Waals surface area (Å²) in [6.07, 6.45) is 1.48. The molecule has 0 bridgehead atoms. The Hall–Kier alpha value is -4.48. The molecule has 1 fully saturated rings. The van der Waals surface area contributed by atoms with Crippen molar-refractivity contribution in [3.8, 4) is 16.9 Å². The first-order valence-corrected chi connectivity index (χ1v) is 12.8. The summed E-state index contributed by atoms with van der Waals surface area (Å²) in [5.74, 6) is 0.164. The molecule has 1 saturated heterocycles. The van der Waals surface area contributed by atoms with E-state index in [0.29, 0.717) is 17.8 Å². The Labute approximate surface area is 229 Å². The van der Waals surface area contributed by atoms with Crippen LogP contribution in [0.15, 0.2) is 53.8 Å². The standard InChI is InChI=1S/C28H29F3N8O/c1-17-8-9-19(11-25(17)39-16-24(35-36-39)23-15-32-38(4)18(23)2)27(40)34-22-13-20(28(29,30)31)12-21(14-22)33-26-7-5-6-10-37(26)3/h8-9,11-16H,5-7,10H2,1-4H3,(H,34,40). The zero-order valence-electron chi connectivity index (χ0n) is 22.6. The summed E-state index contributed by atoms with van der Waals surface area (Å²) >= 11 is 0. The molecule has 0 radical (unpaired) electrons. The maximum atomic E-state index is 13.7. The number of nitrogens with one attached hydrogen (secondary N) is 1. The first kappa shape index (κ1) is 27.1. The largest absolute Gasteiger partial charge is 0.416 e. The van der Waals surface area contributed by atoms with Crippen molar-refractivity contribution in [1.82, 2.24) is 29.7 Å². The molecule has 3 heterocycles. The highest BCUT2D eigenvalue weighted by atomic mass is 19.4. The van der Waals surface area contributed by atoms with Gasteiger partial charge in [0.25, 0.3) is 5.91 Å². The van der Waals surface area contributed by atoms with Gasteiger partial charge in [0.1, 0.15) is 11.5 Å². The van der Waals surface area contributed by atoms with Gasteiger partial charge in [0, 0.05) is 49.6 Å². The van der Waals surface area contributed by atoms with Gasteiger partial charge in [-0.2, -0.15) is 18.3 Å². The van der Waals surface area contributed by atoms with Crippen molar-refractivity contribution < 1.29 is 18.0 Å². The van der Waals surface area contributed by atoms with Crippen molar-refractivity contribution in [3.63, 3.8) is 0 Å². The Kier molecular flexibility index (Phi) is 7.17. The van der Waals surface area contributed by atoms with Gasteiger partial charge in [-0.05, 0) is 62.6 Å². The average Bonchev–Trinajstić information content (AvgIpc) is 3.51. The zero-order chi connectivity index (χ0) is 28.6. The van der Waals surface area contributed by atoms with Gasteiger partial charge in [0.05, 0.1) is 29.3 Å². The maximum Gasteiger partial charge on any atom is 0.416 e. The van der Waals surface area contributed by atoms with E-state index in [1.807, 2.05) is 32.8 Å². The molecule has 40 heavy (non-hydrogen) atoms. The number of halogens is 3. The lowest BCUT2D eigenvalue weighted by molar-refractivity contribution is -0.137. The number of hydrogen-bond donors (Lipinski definition) is 1. The minimum atomic E-state index is -4.59. The Balaban J connectivity index is 1.43. The van der Waals surface area contributed by atoms with Crippen molar-refractivity contribution in [1.29, 1.82) is 0 Å². The highest BCUT2D eigenvalue weighted by molar-refractivity contribution is 6.05. The fraction of sp³-hybridized carbons (Fsp3) is 0.321. The summed E-state index contributed by atoms with van der Waals surface area (Å²) in [6, 6.07) is 8.37. The number of nitrogens with zero attached hydrogens (tertiary/aromatic N) is 7. The number of carbonyl (C=O) groups excluding carboxylic acids is 1. The van der Waals surface area contributed by atoms with Crippen LogP contribution in [0.3, 0.4) is 0 Å². The van der Waals surface area contributed by atoms with Gasteiger partial charge in [-0.25, -0.2) is 9.67 Å². The molecule has 1 amide bonds.